The monoisotopic (exact) mass is 471 g/mol. The molecule has 0 aromatic heterocycles. The van der Waals surface area contributed by atoms with Crippen molar-refractivity contribution in [2.24, 2.45) is 5.92 Å². The number of rotatable bonds is 7. The van der Waals surface area contributed by atoms with Crippen molar-refractivity contribution in [1.82, 2.24) is 4.31 Å². The Kier molecular flexibility index (Phi) is 7.55. The zero-order valence-electron chi connectivity index (χ0n) is 19.1. The number of nitrogens with zero attached hydrogens (tertiary/aromatic N) is 1. The predicted octanol–water partition coefficient (Wildman–Crippen LogP) is 4.48. The topological polar surface area (TPSA) is 87.7 Å². The van der Waals surface area contributed by atoms with E-state index in [-0.39, 0.29) is 23.3 Å². The number of sulfonamides is 1. The summed E-state index contributed by atoms with van der Waals surface area (Å²) in [6, 6.07) is 14.7. The molecule has 4 rings (SSSR count). The maximum absolute atomic E-state index is 13.1. The van der Waals surface area contributed by atoms with E-state index in [1.54, 1.807) is 24.3 Å². The minimum Gasteiger partial charge on any atom is -0.497 e. The molecule has 1 saturated carbocycles. The molecule has 1 aliphatic heterocycles. The Morgan fingerprint density at radius 3 is 2.24 bits per heavy atom. The highest BCUT2D eigenvalue weighted by molar-refractivity contribution is 7.89. The highest BCUT2D eigenvalue weighted by atomic mass is 32.2. The van der Waals surface area contributed by atoms with E-state index < -0.39 is 10.0 Å². The minimum absolute atomic E-state index is 0.141. The van der Waals surface area contributed by atoms with E-state index in [2.05, 4.69) is 10.6 Å². The van der Waals surface area contributed by atoms with Crippen molar-refractivity contribution in [3.63, 3.8) is 0 Å². The number of nitrogens with one attached hydrogen (secondary N) is 2. The Balaban J connectivity index is 1.35. The number of hydrogen-bond donors (Lipinski definition) is 2. The molecule has 178 valence electrons. The van der Waals surface area contributed by atoms with Crippen LogP contribution in [0.4, 0.5) is 11.4 Å². The van der Waals surface area contributed by atoms with E-state index in [4.69, 9.17) is 4.74 Å². The third-order valence-electron chi connectivity index (χ3n) is 6.58. The molecule has 1 atom stereocenters. The number of methoxy groups -OCH3 is 1. The van der Waals surface area contributed by atoms with Gasteiger partial charge in [0.25, 0.3) is 0 Å². The van der Waals surface area contributed by atoms with Gasteiger partial charge in [0.15, 0.2) is 0 Å². The molecular weight excluding hydrogens is 438 g/mol. The number of carbonyl (C=O) groups is 1. The Morgan fingerprint density at radius 2 is 1.58 bits per heavy atom. The molecule has 8 heteroatoms. The highest BCUT2D eigenvalue weighted by Crippen LogP contribution is 2.27. The van der Waals surface area contributed by atoms with Crippen LogP contribution in [0.1, 0.15) is 44.9 Å². The summed E-state index contributed by atoms with van der Waals surface area (Å²) in [4.78, 5) is 13.1. The van der Waals surface area contributed by atoms with Crippen LogP contribution in [0.25, 0.3) is 0 Å². The molecule has 7 nitrogen and oxygen atoms in total. The van der Waals surface area contributed by atoms with E-state index >= 15 is 0 Å². The molecule has 0 spiro atoms. The van der Waals surface area contributed by atoms with Crippen LogP contribution in [0.15, 0.2) is 53.4 Å². The number of carbonyl (C=O) groups excluding carboxylic acids is 1. The van der Waals surface area contributed by atoms with Crippen LogP contribution < -0.4 is 15.4 Å². The first kappa shape index (κ1) is 23.6. The van der Waals surface area contributed by atoms with Gasteiger partial charge in [0.05, 0.1) is 17.9 Å². The Hall–Kier alpha value is -2.58. The number of ether oxygens (including phenoxy) is 1. The van der Waals surface area contributed by atoms with Crippen LogP contribution in [0.5, 0.6) is 5.75 Å². The molecule has 2 N–H and O–H groups in total. The summed E-state index contributed by atoms with van der Waals surface area (Å²) in [5.74, 6) is 0.0780. The summed E-state index contributed by atoms with van der Waals surface area (Å²) in [6.45, 7) is 0.598. The van der Waals surface area contributed by atoms with Gasteiger partial charge in [-0.2, -0.15) is 4.31 Å². The Labute approximate surface area is 196 Å². The standard InChI is InChI=1S/C25H33N3O4S/c1-32-23-13-15-24(16-14-23)33(30,31)28-17-5-6-19(18-28)25(29)27-22-11-9-21(10-12-22)26-20-7-3-2-4-8-20/h9-16,19-20,26H,2-8,17-18H2,1H3,(H,27,29). The summed E-state index contributed by atoms with van der Waals surface area (Å²) >= 11 is 0. The third kappa shape index (κ3) is 5.86. The first-order valence-electron chi connectivity index (χ1n) is 11.8. The molecule has 2 aromatic carbocycles. The summed E-state index contributed by atoms with van der Waals surface area (Å²) in [5.41, 5.74) is 1.79. The van der Waals surface area contributed by atoms with Crippen LogP contribution in [-0.4, -0.2) is 44.9 Å². The van der Waals surface area contributed by atoms with Gasteiger partial charge in [0.1, 0.15) is 5.75 Å². The molecule has 1 unspecified atom stereocenters. The lowest BCUT2D eigenvalue weighted by atomic mass is 9.95. The molecule has 1 saturated heterocycles. The fourth-order valence-corrected chi connectivity index (χ4v) is 6.17. The van der Waals surface area contributed by atoms with Gasteiger partial charge in [-0.1, -0.05) is 19.3 Å². The number of benzene rings is 2. The molecule has 1 amide bonds. The smallest absolute Gasteiger partial charge is 0.243 e. The highest BCUT2D eigenvalue weighted by Gasteiger charge is 2.33. The molecule has 1 heterocycles. The summed E-state index contributed by atoms with van der Waals surface area (Å²) in [5, 5.41) is 6.54. The van der Waals surface area contributed by atoms with Gasteiger partial charge >= 0.3 is 0 Å². The van der Waals surface area contributed by atoms with E-state index in [9.17, 15) is 13.2 Å². The molecule has 2 fully saturated rings. The van der Waals surface area contributed by atoms with E-state index in [0.29, 0.717) is 31.2 Å². The lowest BCUT2D eigenvalue weighted by Crippen LogP contribution is -2.43. The number of piperidine rings is 1. The second-order valence-electron chi connectivity index (χ2n) is 8.92. The van der Waals surface area contributed by atoms with Gasteiger partial charge in [-0.3, -0.25) is 4.79 Å². The van der Waals surface area contributed by atoms with Crippen molar-refractivity contribution in [1.29, 1.82) is 0 Å². The maximum Gasteiger partial charge on any atom is 0.243 e. The van der Waals surface area contributed by atoms with Gasteiger partial charge in [0, 0.05) is 30.5 Å². The van der Waals surface area contributed by atoms with Crippen molar-refractivity contribution in [2.45, 2.75) is 55.9 Å². The molecule has 2 aliphatic rings. The second-order valence-corrected chi connectivity index (χ2v) is 10.9. The van der Waals surface area contributed by atoms with Crippen LogP contribution in [0, 0.1) is 5.92 Å². The number of hydrogen-bond acceptors (Lipinski definition) is 5. The normalized spacial score (nSPS) is 20.2. The van der Waals surface area contributed by atoms with Crippen molar-refractivity contribution >= 4 is 27.3 Å². The Bertz CT molecular complexity index is 1030. The van der Waals surface area contributed by atoms with E-state index in [1.165, 1.54) is 43.5 Å². The summed E-state index contributed by atoms with van der Waals surface area (Å²) in [6.07, 6.45) is 7.60. The van der Waals surface area contributed by atoms with Crippen molar-refractivity contribution in [3.05, 3.63) is 48.5 Å². The fraction of sp³-hybridized carbons (Fsp3) is 0.480. The molecular formula is C25H33N3O4S. The van der Waals surface area contributed by atoms with Crippen LogP contribution >= 0.6 is 0 Å². The number of anilines is 2. The second kappa shape index (κ2) is 10.6. The lowest BCUT2D eigenvalue weighted by molar-refractivity contribution is -0.120. The summed E-state index contributed by atoms with van der Waals surface area (Å²) < 4.78 is 32.7. The maximum atomic E-state index is 13.1. The average Bonchev–Trinajstić information content (AvgIpc) is 2.86. The van der Waals surface area contributed by atoms with Crippen LogP contribution in [0.3, 0.4) is 0 Å². The SMILES string of the molecule is COc1ccc(S(=O)(=O)N2CCCC(C(=O)Nc3ccc(NC4CCCCC4)cc3)C2)cc1. The lowest BCUT2D eigenvalue weighted by Gasteiger charge is -2.31. The molecule has 2 aromatic rings. The largest absolute Gasteiger partial charge is 0.497 e. The van der Waals surface area contributed by atoms with Crippen molar-refractivity contribution in [3.8, 4) is 5.75 Å². The molecule has 0 bridgehead atoms. The molecule has 0 radical (unpaired) electrons. The zero-order chi connectivity index (χ0) is 23.3. The summed E-state index contributed by atoms with van der Waals surface area (Å²) in [7, 11) is -2.12. The quantitative estimate of drug-likeness (QED) is 0.622. The average molecular weight is 472 g/mol. The van der Waals surface area contributed by atoms with Crippen LogP contribution in [-0.2, 0) is 14.8 Å². The zero-order valence-corrected chi connectivity index (χ0v) is 19.9. The van der Waals surface area contributed by atoms with Gasteiger partial charge in [-0.25, -0.2) is 8.42 Å². The van der Waals surface area contributed by atoms with Gasteiger partial charge in [-0.15, -0.1) is 0 Å². The van der Waals surface area contributed by atoms with Crippen molar-refractivity contribution < 1.29 is 17.9 Å². The first-order chi connectivity index (χ1) is 16.0. The van der Waals surface area contributed by atoms with Gasteiger partial charge in [0.2, 0.25) is 15.9 Å². The third-order valence-corrected chi connectivity index (χ3v) is 8.46. The van der Waals surface area contributed by atoms with E-state index in [0.717, 1.165) is 11.4 Å². The molecule has 33 heavy (non-hydrogen) atoms. The van der Waals surface area contributed by atoms with Gasteiger partial charge < -0.3 is 15.4 Å². The van der Waals surface area contributed by atoms with Gasteiger partial charge in [-0.05, 0) is 74.2 Å². The van der Waals surface area contributed by atoms with E-state index in [1.807, 2.05) is 24.3 Å². The van der Waals surface area contributed by atoms with Crippen LogP contribution in [0.2, 0.25) is 0 Å². The van der Waals surface area contributed by atoms with Crippen molar-refractivity contribution in [2.75, 3.05) is 30.8 Å². The fourth-order valence-electron chi connectivity index (χ4n) is 4.65. The molecule has 1 aliphatic carbocycles. The number of amides is 1. The first-order valence-corrected chi connectivity index (χ1v) is 13.2. The predicted molar refractivity (Wildman–Crippen MR) is 130 cm³/mol. The minimum atomic E-state index is -3.66. The Morgan fingerprint density at radius 1 is 0.909 bits per heavy atom.